The van der Waals surface area contributed by atoms with Crippen molar-refractivity contribution in [3.63, 3.8) is 0 Å². The van der Waals surface area contributed by atoms with E-state index in [1.807, 2.05) is 0 Å². The summed E-state index contributed by atoms with van der Waals surface area (Å²) in [6.07, 6.45) is 5.49. The average Bonchev–Trinajstić information content (AvgIpc) is 2.97. The first kappa shape index (κ1) is 17.9. The Kier molecular flexibility index (Phi) is 10.3. The van der Waals surface area contributed by atoms with Gasteiger partial charge in [-0.1, -0.05) is 12.8 Å². The van der Waals surface area contributed by atoms with Gasteiger partial charge in [0.05, 0.1) is 13.2 Å². The van der Waals surface area contributed by atoms with Crippen LogP contribution in [0.25, 0.3) is 0 Å². The minimum absolute atomic E-state index is 0.538. The highest BCUT2D eigenvalue weighted by Gasteiger charge is 2.18. The maximum absolute atomic E-state index is 5.50. The summed E-state index contributed by atoms with van der Waals surface area (Å²) >= 11 is 0. The fraction of sp³-hybridized carbons (Fsp3) is 1.00. The summed E-state index contributed by atoms with van der Waals surface area (Å²) in [4.78, 5) is 2.48. The lowest BCUT2D eigenvalue weighted by atomic mass is 10.2. The van der Waals surface area contributed by atoms with Gasteiger partial charge < -0.3 is 14.8 Å². The van der Waals surface area contributed by atoms with Crippen LogP contribution in [0.4, 0.5) is 0 Å². The Bertz CT molecular complexity index is 211. The van der Waals surface area contributed by atoms with Gasteiger partial charge in [-0.3, -0.25) is 4.90 Å². The average molecular weight is 286 g/mol. The molecule has 20 heavy (non-hydrogen) atoms. The summed E-state index contributed by atoms with van der Waals surface area (Å²) in [5.74, 6) is 0. The van der Waals surface area contributed by atoms with Crippen molar-refractivity contribution < 1.29 is 9.47 Å². The van der Waals surface area contributed by atoms with Gasteiger partial charge in [0.15, 0.2) is 0 Å². The van der Waals surface area contributed by atoms with Crippen LogP contribution in [0.3, 0.4) is 0 Å². The minimum atomic E-state index is 0.538. The largest absolute Gasteiger partial charge is 0.380 e. The van der Waals surface area contributed by atoms with Crippen LogP contribution in [0, 0.1) is 0 Å². The number of hydrogen-bond acceptors (Lipinski definition) is 4. The maximum Gasteiger partial charge on any atom is 0.0593 e. The third-order valence-corrected chi connectivity index (χ3v) is 4.13. The summed E-state index contributed by atoms with van der Waals surface area (Å²) in [5, 5.41) is 3.72. The van der Waals surface area contributed by atoms with Crippen molar-refractivity contribution >= 4 is 0 Å². The summed E-state index contributed by atoms with van der Waals surface area (Å²) in [6, 6.07) is 1.29. The highest BCUT2D eigenvalue weighted by Crippen LogP contribution is 2.17. The highest BCUT2D eigenvalue weighted by molar-refractivity contribution is 4.77. The van der Waals surface area contributed by atoms with Crippen LogP contribution in [0.5, 0.6) is 0 Å². The molecule has 1 rings (SSSR count). The molecule has 0 saturated heterocycles. The first-order valence-electron chi connectivity index (χ1n) is 8.40. The van der Waals surface area contributed by atoms with Crippen molar-refractivity contribution in [1.82, 2.24) is 10.2 Å². The van der Waals surface area contributed by atoms with E-state index in [1.54, 1.807) is 0 Å². The Morgan fingerprint density at radius 3 is 2.10 bits per heavy atom. The molecule has 4 nitrogen and oxygen atoms in total. The molecule has 1 aliphatic carbocycles. The molecule has 0 bridgehead atoms. The van der Waals surface area contributed by atoms with Crippen molar-refractivity contribution in [2.24, 2.45) is 0 Å². The lowest BCUT2D eigenvalue weighted by Gasteiger charge is -2.30. The fourth-order valence-electron chi connectivity index (χ4n) is 2.80. The van der Waals surface area contributed by atoms with Crippen molar-refractivity contribution in [3.05, 3.63) is 0 Å². The molecule has 0 aromatic heterocycles. The maximum atomic E-state index is 5.50. The summed E-state index contributed by atoms with van der Waals surface area (Å²) in [7, 11) is 0. The molecule has 1 N–H and O–H groups in total. The predicted octanol–water partition coefficient (Wildman–Crippen LogP) is 2.28. The molecule has 0 aromatic rings. The molecule has 1 fully saturated rings. The van der Waals surface area contributed by atoms with Gasteiger partial charge in [0.1, 0.15) is 0 Å². The van der Waals surface area contributed by atoms with Gasteiger partial charge in [-0.15, -0.1) is 0 Å². The highest BCUT2D eigenvalue weighted by atomic mass is 16.5. The zero-order valence-corrected chi connectivity index (χ0v) is 13.7. The molecule has 4 heteroatoms. The molecule has 0 aromatic carbocycles. The molecule has 0 spiro atoms. The molecule has 1 unspecified atom stereocenters. The van der Waals surface area contributed by atoms with Crippen molar-refractivity contribution in [1.29, 1.82) is 0 Å². The Labute approximate surface area is 125 Å². The molecular weight excluding hydrogens is 252 g/mol. The lowest BCUT2D eigenvalue weighted by Crippen LogP contribution is -2.45. The predicted molar refractivity (Wildman–Crippen MR) is 84.3 cm³/mol. The van der Waals surface area contributed by atoms with Gasteiger partial charge in [-0.2, -0.15) is 0 Å². The minimum Gasteiger partial charge on any atom is -0.380 e. The van der Waals surface area contributed by atoms with Gasteiger partial charge in [-0.25, -0.2) is 0 Å². The van der Waals surface area contributed by atoms with Crippen LogP contribution in [0.15, 0.2) is 0 Å². The number of rotatable bonds is 12. The van der Waals surface area contributed by atoms with Crippen LogP contribution in [-0.4, -0.2) is 63.0 Å². The molecule has 0 aliphatic heterocycles. The van der Waals surface area contributed by atoms with Gasteiger partial charge in [-0.05, 0) is 33.6 Å². The number of ether oxygens (including phenoxy) is 2. The summed E-state index contributed by atoms with van der Waals surface area (Å²) < 4.78 is 11.0. The van der Waals surface area contributed by atoms with Crippen molar-refractivity contribution in [2.75, 3.05) is 46.1 Å². The van der Waals surface area contributed by atoms with Crippen LogP contribution in [0.1, 0.15) is 46.5 Å². The van der Waals surface area contributed by atoms with Crippen molar-refractivity contribution in [2.45, 2.75) is 58.5 Å². The number of nitrogens with one attached hydrogen (secondary N) is 1. The SMILES string of the molecule is CCOCCN(CCOCC)C(C)CNC1CCCC1. The molecule has 0 amide bonds. The Hall–Kier alpha value is -0.160. The van der Waals surface area contributed by atoms with Crippen LogP contribution in [-0.2, 0) is 9.47 Å². The first-order valence-corrected chi connectivity index (χ1v) is 8.40. The zero-order valence-electron chi connectivity index (χ0n) is 13.7. The topological polar surface area (TPSA) is 33.7 Å². The van der Waals surface area contributed by atoms with E-state index in [0.29, 0.717) is 6.04 Å². The molecule has 120 valence electrons. The fourth-order valence-corrected chi connectivity index (χ4v) is 2.80. The molecule has 0 radical (unpaired) electrons. The quantitative estimate of drug-likeness (QED) is 0.558. The van der Waals surface area contributed by atoms with E-state index in [2.05, 4.69) is 31.0 Å². The van der Waals surface area contributed by atoms with Gasteiger partial charge in [0.2, 0.25) is 0 Å². The smallest absolute Gasteiger partial charge is 0.0593 e. The lowest BCUT2D eigenvalue weighted by molar-refractivity contribution is 0.0656. The third-order valence-electron chi connectivity index (χ3n) is 4.13. The van der Waals surface area contributed by atoms with Gasteiger partial charge in [0, 0.05) is 44.9 Å². The molecular formula is C16H34N2O2. The van der Waals surface area contributed by atoms with Crippen LogP contribution in [0.2, 0.25) is 0 Å². The van der Waals surface area contributed by atoms with E-state index in [9.17, 15) is 0 Å². The number of hydrogen-bond donors (Lipinski definition) is 1. The first-order chi connectivity index (χ1) is 9.77. The van der Waals surface area contributed by atoms with E-state index in [4.69, 9.17) is 9.47 Å². The van der Waals surface area contributed by atoms with Crippen LogP contribution >= 0.6 is 0 Å². The Morgan fingerprint density at radius 1 is 1.05 bits per heavy atom. The molecule has 1 saturated carbocycles. The van der Waals surface area contributed by atoms with E-state index in [1.165, 1.54) is 25.7 Å². The second-order valence-corrected chi connectivity index (χ2v) is 5.67. The monoisotopic (exact) mass is 286 g/mol. The summed E-state index contributed by atoms with van der Waals surface area (Å²) in [5.41, 5.74) is 0. The normalized spacial score (nSPS) is 18.0. The third kappa shape index (κ3) is 7.58. The summed E-state index contributed by atoms with van der Waals surface area (Å²) in [6.45, 7) is 12.7. The van der Waals surface area contributed by atoms with E-state index >= 15 is 0 Å². The van der Waals surface area contributed by atoms with Gasteiger partial charge in [0.25, 0.3) is 0 Å². The second-order valence-electron chi connectivity index (χ2n) is 5.67. The van der Waals surface area contributed by atoms with E-state index in [0.717, 1.165) is 52.1 Å². The van der Waals surface area contributed by atoms with Crippen molar-refractivity contribution in [3.8, 4) is 0 Å². The second kappa shape index (κ2) is 11.5. The number of nitrogens with zero attached hydrogens (tertiary/aromatic N) is 1. The molecule has 1 aliphatic rings. The Balaban J connectivity index is 2.25. The molecule has 1 atom stereocenters. The standard InChI is InChI=1S/C16H34N2O2/c1-4-19-12-10-18(11-13-20-5-2)15(3)14-17-16-8-6-7-9-16/h15-17H,4-14H2,1-3H3. The van der Waals surface area contributed by atoms with Gasteiger partial charge >= 0.3 is 0 Å². The zero-order chi connectivity index (χ0) is 14.6. The Morgan fingerprint density at radius 2 is 1.60 bits per heavy atom. The van der Waals surface area contributed by atoms with E-state index in [-0.39, 0.29) is 0 Å². The van der Waals surface area contributed by atoms with E-state index < -0.39 is 0 Å². The molecule has 0 heterocycles. The van der Waals surface area contributed by atoms with Crippen LogP contribution < -0.4 is 5.32 Å².